The van der Waals surface area contributed by atoms with Crippen LogP contribution in [-0.2, 0) is 20.8 Å². The summed E-state index contributed by atoms with van der Waals surface area (Å²) in [6.45, 7) is 0.145. The van der Waals surface area contributed by atoms with Crippen molar-refractivity contribution < 1.29 is 27.3 Å². The zero-order valence-electron chi connectivity index (χ0n) is 11.7. The van der Waals surface area contributed by atoms with Crippen molar-refractivity contribution in [3.05, 3.63) is 23.8 Å². The van der Waals surface area contributed by atoms with E-state index in [1.54, 1.807) is 6.26 Å². The maximum atomic E-state index is 12.1. The molecule has 7 nitrogen and oxygen atoms in total. The Morgan fingerprint density at radius 1 is 1.43 bits per heavy atom. The predicted molar refractivity (Wildman–Crippen MR) is 78.7 cm³/mol. The molecule has 0 heterocycles. The zero-order valence-corrected chi connectivity index (χ0v) is 13.3. The molecule has 0 saturated heterocycles. The Hall–Kier alpha value is -1.45. The second kappa shape index (κ2) is 7.53. The Balaban J connectivity index is 2.92. The topological polar surface area (TPSA) is 110 Å². The largest absolute Gasteiger partial charge is 0.495 e. The van der Waals surface area contributed by atoms with E-state index in [-0.39, 0.29) is 22.8 Å². The van der Waals surface area contributed by atoms with Gasteiger partial charge in [-0.25, -0.2) is 17.9 Å². The quantitative estimate of drug-likeness (QED) is 0.667. The number of benzene rings is 1. The van der Waals surface area contributed by atoms with Crippen LogP contribution in [0.3, 0.4) is 0 Å². The third-order valence-corrected chi connectivity index (χ3v) is 4.96. The minimum Gasteiger partial charge on any atom is -0.495 e. The number of nitrogens with one attached hydrogen (secondary N) is 1. The van der Waals surface area contributed by atoms with Gasteiger partial charge in [0.25, 0.3) is 0 Å². The number of carbonyl (C=O) groups is 1. The van der Waals surface area contributed by atoms with E-state index < -0.39 is 26.8 Å². The number of hydrogen-bond donors (Lipinski definition) is 2. The minimum absolute atomic E-state index is 0.0403. The molecule has 1 unspecified atom stereocenters. The van der Waals surface area contributed by atoms with Gasteiger partial charge in [-0.2, -0.15) is 0 Å². The van der Waals surface area contributed by atoms with Gasteiger partial charge in [-0.05, 0) is 24.6 Å². The van der Waals surface area contributed by atoms with Crippen LogP contribution in [-0.4, -0.2) is 49.4 Å². The fourth-order valence-corrected chi connectivity index (χ4v) is 3.36. The van der Waals surface area contributed by atoms with Gasteiger partial charge in [-0.15, -0.1) is 0 Å². The van der Waals surface area contributed by atoms with Crippen LogP contribution >= 0.6 is 0 Å². The number of rotatable bonds is 8. The van der Waals surface area contributed by atoms with Gasteiger partial charge < -0.3 is 9.84 Å². The predicted octanol–water partition coefficient (Wildman–Crippen LogP) is 0.440. The molecule has 1 rings (SSSR count). The number of aromatic carboxylic acids is 1. The van der Waals surface area contributed by atoms with E-state index in [4.69, 9.17) is 9.84 Å². The molecule has 0 aliphatic heterocycles. The van der Waals surface area contributed by atoms with Crippen molar-refractivity contribution >= 4 is 26.8 Å². The molecular weight excluding hydrogens is 318 g/mol. The van der Waals surface area contributed by atoms with Crippen molar-refractivity contribution in [2.45, 2.75) is 11.3 Å². The van der Waals surface area contributed by atoms with Crippen LogP contribution in [0.1, 0.15) is 16.8 Å². The van der Waals surface area contributed by atoms with Crippen LogP contribution in [0.25, 0.3) is 0 Å². The first-order chi connectivity index (χ1) is 9.77. The standard InChI is InChI=1S/C12H17NO6S2/c1-19-10-8-9(12(14)15)4-5-11(10)21(17,18)13-6-3-7-20(2)16/h4-5,8,13H,3,6-7H2,1-2H3,(H,14,15). The first-order valence-electron chi connectivity index (χ1n) is 5.99. The molecule has 0 bridgehead atoms. The summed E-state index contributed by atoms with van der Waals surface area (Å²) >= 11 is 0. The summed E-state index contributed by atoms with van der Waals surface area (Å²) in [5.74, 6) is -0.811. The number of carboxylic acid groups (broad SMARTS) is 1. The van der Waals surface area contributed by atoms with E-state index in [0.29, 0.717) is 12.2 Å². The summed E-state index contributed by atoms with van der Waals surface area (Å²) in [5, 5.41) is 8.87. The average Bonchev–Trinajstić information content (AvgIpc) is 2.42. The highest BCUT2D eigenvalue weighted by atomic mass is 32.2. The molecule has 1 atom stereocenters. The lowest BCUT2D eigenvalue weighted by Gasteiger charge is -2.11. The van der Waals surface area contributed by atoms with Crippen molar-refractivity contribution in [3.63, 3.8) is 0 Å². The van der Waals surface area contributed by atoms with Gasteiger partial charge in [-0.1, -0.05) is 0 Å². The van der Waals surface area contributed by atoms with Crippen LogP contribution in [0.5, 0.6) is 5.75 Å². The van der Waals surface area contributed by atoms with Gasteiger partial charge in [0, 0.05) is 29.4 Å². The third kappa shape index (κ3) is 5.10. The van der Waals surface area contributed by atoms with E-state index in [1.807, 2.05) is 0 Å². The molecule has 0 aliphatic carbocycles. The van der Waals surface area contributed by atoms with Crippen molar-refractivity contribution in [1.82, 2.24) is 4.72 Å². The Kier molecular flexibility index (Phi) is 6.31. The Morgan fingerprint density at radius 2 is 2.10 bits per heavy atom. The van der Waals surface area contributed by atoms with Gasteiger partial charge in [0.15, 0.2) is 0 Å². The number of ether oxygens (including phenoxy) is 1. The lowest BCUT2D eigenvalue weighted by molar-refractivity contribution is 0.0696. The van der Waals surface area contributed by atoms with E-state index in [2.05, 4.69) is 4.72 Å². The van der Waals surface area contributed by atoms with Gasteiger partial charge in [0.2, 0.25) is 10.0 Å². The molecule has 1 aromatic rings. The number of methoxy groups -OCH3 is 1. The molecule has 21 heavy (non-hydrogen) atoms. The van der Waals surface area contributed by atoms with Crippen LogP contribution in [0.4, 0.5) is 0 Å². The molecular formula is C12H17NO6S2. The normalized spacial score (nSPS) is 12.9. The lowest BCUT2D eigenvalue weighted by atomic mass is 10.2. The molecule has 9 heteroatoms. The second-order valence-electron chi connectivity index (χ2n) is 4.20. The van der Waals surface area contributed by atoms with Gasteiger partial charge in [0.1, 0.15) is 10.6 Å². The number of sulfonamides is 1. The molecule has 0 aromatic heterocycles. The number of carboxylic acids is 1. The third-order valence-electron chi connectivity index (χ3n) is 2.60. The van der Waals surface area contributed by atoms with Gasteiger partial charge >= 0.3 is 5.97 Å². The lowest BCUT2D eigenvalue weighted by Crippen LogP contribution is -2.26. The van der Waals surface area contributed by atoms with Gasteiger partial charge in [-0.3, -0.25) is 4.21 Å². The molecule has 2 N–H and O–H groups in total. The summed E-state index contributed by atoms with van der Waals surface area (Å²) in [4.78, 5) is 10.7. The highest BCUT2D eigenvalue weighted by molar-refractivity contribution is 7.89. The van der Waals surface area contributed by atoms with Crippen molar-refractivity contribution in [3.8, 4) is 5.75 Å². The van der Waals surface area contributed by atoms with Crippen molar-refractivity contribution in [2.24, 2.45) is 0 Å². The maximum Gasteiger partial charge on any atom is 0.335 e. The van der Waals surface area contributed by atoms with Crippen LogP contribution < -0.4 is 9.46 Å². The molecule has 0 saturated carbocycles. The second-order valence-corrected chi connectivity index (χ2v) is 7.49. The Bertz CT molecular complexity index is 641. The van der Waals surface area contributed by atoms with E-state index in [1.165, 1.54) is 19.2 Å². The average molecular weight is 335 g/mol. The Morgan fingerprint density at radius 3 is 2.62 bits per heavy atom. The first kappa shape index (κ1) is 17.6. The molecule has 118 valence electrons. The number of hydrogen-bond acceptors (Lipinski definition) is 5. The molecule has 0 fully saturated rings. The highest BCUT2D eigenvalue weighted by Crippen LogP contribution is 2.24. The molecule has 0 radical (unpaired) electrons. The first-order valence-corrected chi connectivity index (χ1v) is 9.20. The van der Waals surface area contributed by atoms with Crippen LogP contribution in [0.15, 0.2) is 23.1 Å². The maximum absolute atomic E-state index is 12.1. The molecule has 0 aliphatic rings. The van der Waals surface area contributed by atoms with Crippen molar-refractivity contribution in [2.75, 3.05) is 25.7 Å². The monoisotopic (exact) mass is 335 g/mol. The minimum atomic E-state index is -3.81. The summed E-state index contributed by atoms with van der Waals surface area (Å²) in [7, 11) is -3.52. The summed E-state index contributed by atoms with van der Waals surface area (Å²) in [5.41, 5.74) is -0.0628. The SMILES string of the molecule is COc1cc(C(=O)O)ccc1S(=O)(=O)NCCCS(C)=O. The molecule has 1 aromatic carbocycles. The molecule has 0 spiro atoms. The van der Waals surface area contributed by atoms with E-state index >= 15 is 0 Å². The van der Waals surface area contributed by atoms with Crippen LogP contribution in [0, 0.1) is 0 Å². The highest BCUT2D eigenvalue weighted by Gasteiger charge is 2.20. The summed E-state index contributed by atoms with van der Waals surface area (Å²) < 4.78 is 42.4. The fraction of sp³-hybridized carbons (Fsp3) is 0.417. The van der Waals surface area contributed by atoms with Crippen LogP contribution in [0.2, 0.25) is 0 Å². The smallest absolute Gasteiger partial charge is 0.335 e. The fourth-order valence-electron chi connectivity index (χ4n) is 1.58. The van der Waals surface area contributed by atoms with Crippen molar-refractivity contribution in [1.29, 1.82) is 0 Å². The van der Waals surface area contributed by atoms with E-state index in [0.717, 1.165) is 6.07 Å². The Labute approximate surface area is 125 Å². The summed E-state index contributed by atoms with van der Waals surface area (Å²) in [6, 6.07) is 3.53. The van der Waals surface area contributed by atoms with E-state index in [9.17, 15) is 17.4 Å². The molecule has 0 amide bonds. The zero-order chi connectivity index (χ0) is 16.0. The van der Waals surface area contributed by atoms with Gasteiger partial charge in [0.05, 0.1) is 12.7 Å². The summed E-state index contributed by atoms with van der Waals surface area (Å²) in [6.07, 6.45) is 1.99.